The summed E-state index contributed by atoms with van der Waals surface area (Å²) in [6, 6.07) is 8.20. The van der Waals surface area contributed by atoms with E-state index in [1.165, 1.54) is 13.1 Å². The highest BCUT2D eigenvalue weighted by Gasteiger charge is 2.33. The molecule has 8 nitrogen and oxygen atoms in total. The van der Waals surface area contributed by atoms with Crippen molar-refractivity contribution in [2.24, 2.45) is 4.99 Å². The highest BCUT2D eigenvalue weighted by atomic mass is 16.5. The molecule has 1 aromatic rings. The summed E-state index contributed by atoms with van der Waals surface area (Å²) in [6.07, 6.45) is 0.460. The Morgan fingerprint density at radius 3 is 2.75 bits per heavy atom. The third kappa shape index (κ3) is 4.07. The van der Waals surface area contributed by atoms with Gasteiger partial charge in [-0.1, -0.05) is 6.07 Å². The van der Waals surface area contributed by atoms with E-state index in [1.54, 1.807) is 14.2 Å². The van der Waals surface area contributed by atoms with Gasteiger partial charge in [-0.2, -0.15) is 0 Å². The van der Waals surface area contributed by atoms with Crippen molar-refractivity contribution < 1.29 is 9.53 Å². The summed E-state index contributed by atoms with van der Waals surface area (Å²) in [5.74, 6) is 1.64. The van der Waals surface area contributed by atoms with Crippen LogP contribution in [0.4, 0.5) is 5.69 Å². The number of nitrogens with one attached hydrogen (secondary N) is 2. The predicted molar refractivity (Wildman–Crippen MR) is 110 cm³/mol. The molecule has 4 aliphatic heterocycles. The summed E-state index contributed by atoms with van der Waals surface area (Å²) in [5.41, 5.74) is 0.872. The fourth-order valence-corrected chi connectivity index (χ4v) is 4.35. The Morgan fingerprint density at radius 1 is 1.25 bits per heavy atom. The van der Waals surface area contributed by atoms with Crippen LogP contribution in [0, 0.1) is 0 Å². The number of methoxy groups -OCH3 is 1. The molecule has 2 unspecified atom stereocenters. The molecule has 0 aromatic heterocycles. The normalized spacial score (nSPS) is 29.9. The number of ether oxygens (including phenoxy) is 1. The molecule has 4 saturated heterocycles. The zero-order chi connectivity index (χ0) is 19.5. The fourth-order valence-electron chi connectivity index (χ4n) is 4.35. The van der Waals surface area contributed by atoms with E-state index in [2.05, 4.69) is 25.4 Å². The number of aliphatic imine (C=N–C) groups is 1. The molecule has 0 spiro atoms. The molecule has 1 aromatic carbocycles. The first kappa shape index (κ1) is 19.0. The third-order valence-electron chi connectivity index (χ3n) is 5.95. The van der Waals surface area contributed by atoms with E-state index in [-0.39, 0.29) is 11.9 Å². The molecule has 8 heteroatoms. The molecular weight excluding hydrogens is 356 g/mol. The fraction of sp³-hybridized carbons (Fsp3) is 0.600. The standard InChI is InChI=1S/C20H30N6O2/c1-21-20(22-12-17-14-24-6-8-25(17)9-7-24)23-15-10-19(27)26(13-15)16-4-3-5-18(11-16)28-2/h3-5,11,15,17H,6-10,12-14H2,1-2H3,(H2,21,22,23). The van der Waals surface area contributed by atoms with Gasteiger partial charge in [-0.05, 0) is 12.1 Å². The first-order valence-corrected chi connectivity index (χ1v) is 10.0. The number of fused-ring (bicyclic) bond motifs is 3. The summed E-state index contributed by atoms with van der Waals surface area (Å²) in [4.78, 5) is 23.8. The van der Waals surface area contributed by atoms with E-state index in [0.29, 0.717) is 19.0 Å². The summed E-state index contributed by atoms with van der Waals surface area (Å²) >= 11 is 0. The Labute approximate surface area is 166 Å². The molecule has 0 saturated carbocycles. The minimum absolute atomic E-state index is 0.0387. The van der Waals surface area contributed by atoms with E-state index in [9.17, 15) is 4.79 Å². The van der Waals surface area contributed by atoms with E-state index < -0.39 is 0 Å². The summed E-state index contributed by atoms with van der Waals surface area (Å²) in [6.45, 7) is 7.31. The molecule has 2 atom stereocenters. The zero-order valence-corrected chi connectivity index (χ0v) is 16.7. The number of carbonyl (C=O) groups is 1. The van der Waals surface area contributed by atoms with Crippen LogP contribution in [0.25, 0.3) is 0 Å². The van der Waals surface area contributed by atoms with Crippen molar-refractivity contribution in [3.05, 3.63) is 24.3 Å². The van der Waals surface area contributed by atoms with Gasteiger partial charge in [-0.25, -0.2) is 0 Å². The van der Waals surface area contributed by atoms with E-state index >= 15 is 0 Å². The number of hydrogen-bond donors (Lipinski definition) is 2. The second-order valence-electron chi connectivity index (χ2n) is 7.69. The molecule has 0 aliphatic carbocycles. The lowest BCUT2D eigenvalue weighted by atomic mass is 10.1. The van der Waals surface area contributed by atoms with Crippen LogP contribution >= 0.6 is 0 Å². The highest BCUT2D eigenvalue weighted by molar-refractivity contribution is 5.97. The molecular formula is C20H30N6O2. The minimum atomic E-state index is 0.0387. The van der Waals surface area contributed by atoms with Gasteiger partial charge >= 0.3 is 0 Å². The number of guanidine groups is 1. The summed E-state index contributed by atoms with van der Waals surface area (Å²) in [7, 11) is 3.42. The Balaban J connectivity index is 1.31. The SMILES string of the molecule is CN=C(NCC1CN2CCN1CC2)NC1CC(=O)N(c2cccc(OC)c2)C1. The van der Waals surface area contributed by atoms with Gasteiger partial charge in [0.25, 0.3) is 0 Å². The quantitative estimate of drug-likeness (QED) is 0.547. The minimum Gasteiger partial charge on any atom is -0.497 e. The number of carbonyl (C=O) groups excluding carboxylic acids is 1. The van der Waals surface area contributed by atoms with E-state index in [0.717, 1.165) is 43.6 Å². The van der Waals surface area contributed by atoms with Crippen LogP contribution < -0.4 is 20.3 Å². The summed E-state index contributed by atoms with van der Waals surface area (Å²) < 4.78 is 5.28. The zero-order valence-electron chi connectivity index (χ0n) is 16.7. The number of amides is 1. The van der Waals surface area contributed by atoms with Crippen LogP contribution in [0.1, 0.15) is 6.42 Å². The smallest absolute Gasteiger partial charge is 0.229 e. The van der Waals surface area contributed by atoms with Crippen molar-refractivity contribution in [3.63, 3.8) is 0 Å². The molecule has 5 rings (SSSR count). The maximum Gasteiger partial charge on any atom is 0.229 e. The summed E-state index contributed by atoms with van der Waals surface area (Å²) in [5, 5.41) is 6.88. The molecule has 1 amide bonds. The molecule has 28 heavy (non-hydrogen) atoms. The third-order valence-corrected chi connectivity index (χ3v) is 5.95. The number of benzene rings is 1. The van der Waals surface area contributed by atoms with Gasteiger partial charge in [0, 0.05) is 77.1 Å². The number of nitrogens with zero attached hydrogens (tertiary/aromatic N) is 4. The lowest BCUT2D eigenvalue weighted by molar-refractivity contribution is -0.117. The lowest BCUT2D eigenvalue weighted by Crippen LogP contribution is -2.64. The molecule has 4 fully saturated rings. The van der Waals surface area contributed by atoms with Crippen LogP contribution in [0.15, 0.2) is 29.3 Å². The van der Waals surface area contributed by atoms with Gasteiger partial charge in [0.2, 0.25) is 5.91 Å². The average Bonchev–Trinajstić information content (AvgIpc) is 3.12. The van der Waals surface area contributed by atoms with E-state index in [1.807, 2.05) is 29.2 Å². The van der Waals surface area contributed by atoms with Gasteiger partial charge in [0.1, 0.15) is 5.75 Å². The van der Waals surface area contributed by atoms with Gasteiger partial charge in [-0.3, -0.25) is 19.6 Å². The number of hydrogen-bond acceptors (Lipinski definition) is 5. The number of rotatable bonds is 5. The van der Waals surface area contributed by atoms with Crippen LogP contribution in [0.2, 0.25) is 0 Å². The first-order valence-electron chi connectivity index (χ1n) is 10.0. The van der Waals surface area contributed by atoms with Crippen molar-refractivity contribution in [2.45, 2.75) is 18.5 Å². The Hall–Kier alpha value is -2.32. The lowest BCUT2D eigenvalue weighted by Gasteiger charge is -2.47. The second kappa shape index (κ2) is 8.36. The van der Waals surface area contributed by atoms with Gasteiger partial charge in [-0.15, -0.1) is 0 Å². The maximum atomic E-state index is 12.5. The average molecular weight is 387 g/mol. The molecule has 152 valence electrons. The molecule has 4 aliphatic rings. The van der Waals surface area contributed by atoms with Crippen molar-refractivity contribution in [2.75, 3.05) is 64.9 Å². The molecule has 2 N–H and O–H groups in total. The van der Waals surface area contributed by atoms with Crippen molar-refractivity contribution in [1.82, 2.24) is 20.4 Å². The van der Waals surface area contributed by atoms with Crippen molar-refractivity contribution >= 4 is 17.6 Å². The van der Waals surface area contributed by atoms with Crippen LogP contribution in [0.3, 0.4) is 0 Å². The van der Waals surface area contributed by atoms with Crippen LogP contribution in [-0.2, 0) is 4.79 Å². The molecule has 4 heterocycles. The van der Waals surface area contributed by atoms with E-state index in [4.69, 9.17) is 4.74 Å². The Morgan fingerprint density at radius 2 is 2.07 bits per heavy atom. The van der Waals surface area contributed by atoms with Gasteiger partial charge in [0.15, 0.2) is 5.96 Å². The van der Waals surface area contributed by atoms with Crippen LogP contribution in [0.5, 0.6) is 5.75 Å². The first-order chi connectivity index (χ1) is 13.7. The maximum absolute atomic E-state index is 12.5. The van der Waals surface area contributed by atoms with Crippen LogP contribution in [-0.4, -0.2) is 93.7 Å². The predicted octanol–water partition coefficient (Wildman–Crippen LogP) is -0.0347. The number of piperazine rings is 3. The van der Waals surface area contributed by atoms with Crippen molar-refractivity contribution in [1.29, 1.82) is 0 Å². The Bertz CT molecular complexity index is 731. The second-order valence-corrected chi connectivity index (χ2v) is 7.69. The van der Waals surface area contributed by atoms with Gasteiger partial charge < -0.3 is 20.3 Å². The Kier molecular flexibility index (Phi) is 5.68. The van der Waals surface area contributed by atoms with Crippen molar-refractivity contribution in [3.8, 4) is 5.75 Å². The largest absolute Gasteiger partial charge is 0.497 e. The molecule has 2 bridgehead atoms. The highest BCUT2D eigenvalue weighted by Crippen LogP contribution is 2.25. The monoisotopic (exact) mass is 386 g/mol. The molecule has 0 radical (unpaired) electrons. The number of anilines is 1. The topological polar surface area (TPSA) is 72.4 Å². The van der Waals surface area contributed by atoms with Gasteiger partial charge in [0.05, 0.1) is 13.2 Å².